The summed E-state index contributed by atoms with van der Waals surface area (Å²) < 4.78 is 5.20. The van der Waals surface area contributed by atoms with Gasteiger partial charge in [0.1, 0.15) is 5.69 Å². The number of fused-ring (bicyclic) bond motifs is 1. The Morgan fingerprint density at radius 1 is 1.30 bits per heavy atom. The van der Waals surface area contributed by atoms with E-state index in [1.807, 2.05) is 29.2 Å². The standard InChI is InChI=1S/C18H22N2O3/c1-2-14-8-5-6-10-20(14)17(21)12-23-18(22)16-11-13-7-3-4-9-15(13)19-16/h3-4,7,9,11,14,19H,2,5-6,8,10,12H2,1H3. The minimum absolute atomic E-state index is 0.0963. The van der Waals surface area contributed by atoms with Crippen molar-refractivity contribution in [2.75, 3.05) is 13.2 Å². The number of piperidine rings is 1. The molecule has 0 radical (unpaired) electrons. The summed E-state index contributed by atoms with van der Waals surface area (Å²) in [7, 11) is 0. The highest BCUT2D eigenvalue weighted by atomic mass is 16.5. The number of benzene rings is 1. The van der Waals surface area contributed by atoms with Crippen molar-refractivity contribution in [3.63, 3.8) is 0 Å². The van der Waals surface area contributed by atoms with Crippen LogP contribution in [0.4, 0.5) is 0 Å². The van der Waals surface area contributed by atoms with E-state index < -0.39 is 5.97 Å². The van der Waals surface area contributed by atoms with Gasteiger partial charge in [0.2, 0.25) is 0 Å². The molecule has 3 rings (SSSR count). The van der Waals surface area contributed by atoms with Gasteiger partial charge in [-0.25, -0.2) is 4.79 Å². The molecule has 0 spiro atoms. The molecule has 2 aromatic rings. The number of carbonyl (C=O) groups excluding carboxylic acids is 2. The lowest BCUT2D eigenvalue weighted by Gasteiger charge is -2.35. The van der Waals surface area contributed by atoms with Gasteiger partial charge in [-0.15, -0.1) is 0 Å². The Labute approximate surface area is 135 Å². The molecule has 1 aromatic heterocycles. The molecule has 1 saturated heterocycles. The van der Waals surface area contributed by atoms with Crippen molar-refractivity contribution >= 4 is 22.8 Å². The monoisotopic (exact) mass is 314 g/mol. The Kier molecular flexibility index (Phi) is 4.65. The number of nitrogens with one attached hydrogen (secondary N) is 1. The first-order valence-corrected chi connectivity index (χ1v) is 8.23. The van der Waals surface area contributed by atoms with Gasteiger partial charge in [0, 0.05) is 23.5 Å². The fourth-order valence-corrected chi connectivity index (χ4v) is 3.22. The summed E-state index contributed by atoms with van der Waals surface area (Å²) in [6.45, 7) is 2.67. The molecular weight excluding hydrogens is 292 g/mol. The fraction of sp³-hybridized carbons (Fsp3) is 0.444. The van der Waals surface area contributed by atoms with Crippen LogP contribution in [0.15, 0.2) is 30.3 Å². The van der Waals surface area contributed by atoms with E-state index in [1.54, 1.807) is 6.07 Å². The van der Waals surface area contributed by atoms with E-state index in [9.17, 15) is 9.59 Å². The molecule has 23 heavy (non-hydrogen) atoms. The summed E-state index contributed by atoms with van der Waals surface area (Å²) in [6.07, 6.45) is 4.18. The molecule has 0 saturated carbocycles. The number of para-hydroxylation sites is 1. The molecule has 1 amide bonds. The van der Waals surface area contributed by atoms with Crippen LogP contribution in [0.25, 0.3) is 10.9 Å². The maximum absolute atomic E-state index is 12.3. The first-order valence-electron chi connectivity index (χ1n) is 8.23. The topological polar surface area (TPSA) is 62.4 Å². The molecule has 1 N–H and O–H groups in total. The first kappa shape index (κ1) is 15.6. The summed E-state index contributed by atoms with van der Waals surface area (Å²) in [6, 6.07) is 9.67. The van der Waals surface area contributed by atoms with Gasteiger partial charge in [-0.1, -0.05) is 25.1 Å². The highest BCUT2D eigenvalue weighted by molar-refractivity contribution is 5.95. The van der Waals surface area contributed by atoms with Crippen LogP contribution in [0.5, 0.6) is 0 Å². The first-order chi connectivity index (χ1) is 11.2. The van der Waals surface area contributed by atoms with Gasteiger partial charge in [0.05, 0.1) is 0 Å². The van der Waals surface area contributed by atoms with Crippen molar-refractivity contribution in [3.05, 3.63) is 36.0 Å². The lowest BCUT2D eigenvalue weighted by atomic mass is 10.00. The summed E-state index contributed by atoms with van der Waals surface area (Å²) in [5.41, 5.74) is 1.26. The molecule has 1 aromatic carbocycles. The second-order valence-corrected chi connectivity index (χ2v) is 5.99. The van der Waals surface area contributed by atoms with Crippen molar-refractivity contribution in [2.45, 2.75) is 38.6 Å². The average Bonchev–Trinajstić information content (AvgIpc) is 3.03. The molecule has 1 aliphatic heterocycles. The zero-order chi connectivity index (χ0) is 16.2. The van der Waals surface area contributed by atoms with Gasteiger partial charge in [0.15, 0.2) is 6.61 Å². The van der Waals surface area contributed by atoms with Crippen LogP contribution < -0.4 is 0 Å². The third kappa shape index (κ3) is 3.38. The van der Waals surface area contributed by atoms with Crippen molar-refractivity contribution in [1.29, 1.82) is 0 Å². The van der Waals surface area contributed by atoms with Crippen LogP contribution in [0.1, 0.15) is 43.1 Å². The van der Waals surface area contributed by atoms with E-state index in [4.69, 9.17) is 4.74 Å². The molecule has 1 aliphatic rings. The summed E-state index contributed by atoms with van der Waals surface area (Å²) in [5, 5.41) is 0.952. The van der Waals surface area contributed by atoms with Crippen molar-refractivity contribution in [3.8, 4) is 0 Å². The lowest BCUT2D eigenvalue weighted by molar-refractivity contribution is -0.138. The number of esters is 1. The van der Waals surface area contributed by atoms with Crippen LogP contribution >= 0.6 is 0 Å². The number of amides is 1. The molecule has 5 nitrogen and oxygen atoms in total. The molecule has 5 heteroatoms. The maximum atomic E-state index is 12.3. The van der Waals surface area contributed by atoms with Gasteiger partial charge in [-0.3, -0.25) is 4.79 Å². The van der Waals surface area contributed by atoms with Crippen LogP contribution in [0, 0.1) is 0 Å². The van der Waals surface area contributed by atoms with Crippen molar-refractivity contribution < 1.29 is 14.3 Å². The van der Waals surface area contributed by atoms with E-state index in [2.05, 4.69) is 11.9 Å². The SMILES string of the molecule is CCC1CCCCN1C(=O)COC(=O)c1cc2ccccc2[nH]1. The van der Waals surface area contributed by atoms with Crippen molar-refractivity contribution in [1.82, 2.24) is 9.88 Å². The third-order valence-electron chi connectivity index (χ3n) is 4.50. The zero-order valence-corrected chi connectivity index (χ0v) is 13.4. The number of H-pyrrole nitrogens is 1. The Morgan fingerprint density at radius 2 is 2.13 bits per heavy atom. The van der Waals surface area contributed by atoms with Gasteiger partial charge in [0.25, 0.3) is 5.91 Å². The number of aromatic nitrogens is 1. The van der Waals surface area contributed by atoms with Crippen LogP contribution in [-0.2, 0) is 9.53 Å². The Hall–Kier alpha value is -2.30. The lowest BCUT2D eigenvalue weighted by Crippen LogP contribution is -2.45. The minimum atomic E-state index is -0.486. The summed E-state index contributed by atoms with van der Waals surface area (Å²) in [5.74, 6) is -0.583. The Bertz CT molecular complexity index is 674. The number of likely N-dealkylation sites (tertiary alicyclic amines) is 1. The summed E-state index contributed by atoms with van der Waals surface area (Å²) >= 11 is 0. The smallest absolute Gasteiger partial charge is 0.355 e. The number of hydrogen-bond acceptors (Lipinski definition) is 3. The number of hydrogen-bond donors (Lipinski definition) is 1. The fourth-order valence-electron chi connectivity index (χ4n) is 3.22. The van der Waals surface area contributed by atoms with Gasteiger partial charge in [-0.2, -0.15) is 0 Å². The van der Waals surface area contributed by atoms with Crippen LogP contribution in [-0.4, -0.2) is 41.0 Å². The third-order valence-corrected chi connectivity index (χ3v) is 4.50. The average molecular weight is 314 g/mol. The zero-order valence-electron chi connectivity index (χ0n) is 13.4. The molecule has 1 atom stereocenters. The van der Waals surface area contributed by atoms with E-state index in [1.165, 1.54) is 0 Å². The number of ether oxygens (including phenoxy) is 1. The number of aromatic amines is 1. The predicted octanol–water partition coefficient (Wildman–Crippen LogP) is 3.12. The molecule has 1 unspecified atom stereocenters. The molecule has 122 valence electrons. The van der Waals surface area contributed by atoms with Gasteiger partial charge in [-0.05, 0) is 37.8 Å². The second kappa shape index (κ2) is 6.86. The Morgan fingerprint density at radius 3 is 2.91 bits per heavy atom. The maximum Gasteiger partial charge on any atom is 0.355 e. The molecule has 0 bridgehead atoms. The highest BCUT2D eigenvalue weighted by Crippen LogP contribution is 2.20. The van der Waals surface area contributed by atoms with E-state index >= 15 is 0 Å². The molecular formula is C18H22N2O3. The largest absolute Gasteiger partial charge is 0.451 e. The molecule has 1 fully saturated rings. The van der Waals surface area contributed by atoms with E-state index in [-0.39, 0.29) is 18.6 Å². The minimum Gasteiger partial charge on any atom is -0.451 e. The molecule has 2 heterocycles. The number of carbonyl (C=O) groups is 2. The number of nitrogens with zero attached hydrogens (tertiary/aromatic N) is 1. The summed E-state index contributed by atoms with van der Waals surface area (Å²) in [4.78, 5) is 29.3. The van der Waals surface area contributed by atoms with Gasteiger partial charge < -0.3 is 14.6 Å². The highest BCUT2D eigenvalue weighted by Gasteiger charge is 2.26. The Balaban J connectivity index is 1.60. The van der Waals surface area contributed by atoms with Gasteiger partial charge >= 0.3 is 5.97 Å². The van der Waals surface area contributed by atoms with E-state index in [0.717, 1.165) is 43.1 Å². The van der Waals surface area contributed by atoms with E-state index in [0.29, 0.717) is 5.69 Å². The number of rotatable bonds is 4. The predicted molar refractivity (Wildman–Crippen MR) is 88.2 cm³/mol. The quantitative estimate of drug-likeness (QED) is 0.882. The molecule has 0 aliphatic carbocycles. The van der Waals surface area contributed by atoms with Crippen LogP contribution in [0.2, 0.25) is 0 Å². The van der Waals surface area contributed by atoms with Crippen LogP contribution in [0.3, 0.4) is 0 Å². The van der Waals surface area contributed by atoms with Crippen molar-refractivity contribution in [2.24, 2.45) is 0 Å². The second-order valence-electron chi connectivity index (χ2n) is 5.99. The normalized spacial score (nSPS) is 18.1.